The molecule has 1 heterocycles. The summed E-state index contributed by atoms with van der Waals surface area (Å²) in [5.74, 6) is -0.102. The molecule has 0 amide bonds. The zero-order chi connectivity index (χ0) is 16.2. The summed E-state index contributed by atoms with van der Waals surface area (Å²) < 4.78 is 7.20. The SMILES string of the molecule is CCOc1ccc(-n2cc(-c3ccc(C(=O)O)cc3)cn2)cc1. The number of carboxylic acids is 1. The summed E-state index contributed by atoms with van der Waals surface area (Å²) in [6.45, 7) is 2.58. The van der Waals surface area contributed by atoms with Crippen LogP contribution in [-0.4, -0.2) is 27.5 Å². The van der Waals surface area contributed by atoms with Gasteiger partial charge in [0.25, 0.3) is 0 Å². The Hall–Kier alpha value is -3.08. The molecule has 0 fully saturated rings. The van der Waals surface area contributed by atoms with Gasteiger partial charge in [-0.15, -0.1) is 0 Å². The number of hydrogen-bond donors (Lipinski definition) is 1. The summed E-state index contributed by atoms with van der Waals surface area (Å²) in [5, 5.41) is 13.3. The molecule has 23 heavy (non-hydrogen) atoms. The fourth-order valence-electron chi connectivity index (χ4n) is 2.28. The van der Waals surface area contributed by atoms with Gasteiger partial charge in [-0.25, -0.2) is 9.48 Å². The number of rotatable bonds is 5. The van der Waals surface area contributed by atoms with Crippen LogP contribution in [0.1, 0.15) is 17.3 Å². The van der Waals surface area contributed by atoms with Crippen LogP contribution in [0.2, 0.25) is 0 Å². The first-order chi connectivity index (χ1) is 11.2. The van der Waals surface area contributed by atoms with Gasteiger partial charge < -0.3 is 9.84 Å². The third kappa shape index (κ3) is 3.23. The molecule has 0 radical (unpaired) electrons. The third-order valence-corrected chi connectivity index (χ3v) is 3.46. The predicted molar refractivity (Wildman–Crippen MR) is 87.1 cm³/mol. The summed E-state index contributed by atoms with van der Waals surface area (Å²) in [4.78, 5) is 10.9. The molecule has 116 valence electrons. The van der Waals surface area contributed by atoms with Crippen molar-refractivity contribution in [2.75, 3.05) is 6.61 Å². The largest absolute Gasteiger partial charge is 0.494 e. The van der Waals surface area contributed by atoms with Gasteiger partial charge in [0.15, 0.2) is 0 Å². The molecule has 3 aromatic rings. The highest BCUT2D eigenvalue weighted by Crippen LogP contribution is 2.21. The molecule has 0 atom stereocenters. The van der Waals surface area contributed by atoms with Crippen LogP contribution in [0.4, 0.5) is 0 Å². The van der Waals surface area contributed by atoms with Crippen molar-refractivity contribution in [1.82, 2.24) is 9.78 Å². The van der Waals surface area contributed by atoms with Crippen molar-refractivity contribution in [3.05, 3.63) is 66.5 Å². The highest BCUT2D eigenvalue weighted by molar-refractivity contribution is 5.88. The Morgan fingerprint density at radius 2 is 1.78 bits per heavy atom. The van der Waals surface area contributed by atoms with Gasteiger partial charge in [-0.05, 0) is 48.9 Å². The Balaban J connectivity index is 1.83. The van der Waals surface area contributed by atoms with E-state index in [0.717, 1.165) is 22.6 Å². The van der Waals surface area contributed by atoms with Crippen LogP contribution in [-0.2, 0) is 0 Å². The average molecular weight is 308 g/mol. The van der Waals surface area contributed by atoms with Crippen LogP contribution >= 0.6 is 0 Å². The molecule has 3 rings (SSSR count). The zero-order valence-electron chi connectivity index (χ0n) is 12.6. The molecule has 0 spiro atoms. The first-order valence-electron chi connectivity index (χ1n) is 7.29. The molecule has 0 saturated carbocycles. The minimum atomic E-state index is -0.929. The molecule has 1 N–H and O–H groups in total. The lowest BCUT2D eigenvalue weighted by atomic mass is 10.1. The molecule has 0 aliphatic heterocycles. The molecule has 0 aliphatic carbocycles. The summed E-state index contributed by atoms with van der Waals surface area (Å²) in [6.07, 6.45) is 3.66. The van der Waals surface area contributed by atoms with Crippen molar-refractivity contribution in [1.29, 1.82) is 0 Å². The predicted octanol–water partition coefficient (Wildman–Crippen LogP) is 3.64. The van der Waals surface area contributed by atoms with Gasteiger partial charge in [0, 0.05) is 11.8 Å². The number of carbonyl (C=O) groups is 1. The van der Waals surface area contributed by atoms with Crippen LogP contribution in [0.15, 0.2) is 60.9 Å². The number of aromatic carboxylic acids is 1. The minimum Gasteiger partial charge on any atom is -0.494 e. The van der Waals surface area contributed by atoms with E-state index in [9.17, 15) is 4.79 Å². The highest BCUT2D eigenvalue weighted by atomic mass is 16.5. The van der Waals surface area contributed by atoms with Crippen LogP contribution < -0.4 is 4.74 Å². The Morgan fingerprint density at radius 3 is 2.39 bits per heavy atom. The van der Waals surface area contributed by atoms with Gasteiger partial charge in [-0.1, -0.05) is 12.1 Å². The van der Waals surface area contributed by atoms with Crippen molar-refractivity contribution in [2.45, 2.75) is 6.92 Å². The van der Waals surface area contributed by atoms with E-state index in [-0.39, 0.29) is 5.56 Å². The Morgan fingerprint density at radius 1 is 1.09 bits per heavy atom. The number of hydrogen-bond acceptors (Lipinski definition) is 3. The lowest BCUT2D eigenvalue weighted by Gasteiger charge is -2.05. The van der Waals surface area contributed by atoms with E-state index in [1.165, 1.54) is 0 Å². The molecule has 5 nitrogen and oxygen atoms in total. The second-order valence-corrected chi connectivity index (χ2v) is 4.98. The summed E-state index contributed by atoms with van der Waals surface area (Å²) in [7, 11) is 0. The van der Waals surface area contributed by atoms with Crippen molar-refractivity contribution in [3.63, 3.8) is 0 Å². The fourth-order valence-corrected chi connectivity index (χ4v) is 2.28. The second-order valence-electron chi connectivity index (χ2n) is 4.98. The highest BCUT2D eigenvalue weighted by Gasteiger charge is 2.06. The van der Waals surface area contributed by atoms with Gasteiger partial charge in [0.2, 0.25) is 0 Å². The third-order valence-electron chi connectivity index (χ3n) is 3.46. The monoisotopic (exact) mass is 308 g/mol. The topological polar surface area (TPSA) is 64.3 Å². The number of ether oxygens (including phenoxy) is 1. The zero-order valence-corrected chi connectivity index (χ0v) is 12.6. The van der Waals surface area contributed by atoms with E-state index in [2.05, 4.69) is 5.10 Å². The lowest BCUT2D eigenvalue weighted by molar-refractivity contribution is 0.0697. The standard InChI is InChI=1S/C18H16N2O3/c1-2-23-17-9-7-16(8-10-17)20-12-15(11-19-20)13-3-5-14(6-4-13)18(21)22/h3-12H,2H2,1H3,(H,21,22). The van der Waals surface area contributed by atoms with Crippen molar-refractivity contribution < 1.29 is 14.6 Å². The van der Waals surface area contributed by atoms with Gasteiger partial charge >= 0.3 is 5.97 Å². The Labute approximate surface area is 133 Å². The van der Waals surface area contributed by atoms with Gasteiger partial charge in [0.1, 0.15) is 5.75 Å². The van der Waals surface area contributed by atoms with E-state index in [1.54, 1.807) is 35.1 Å². The van der Waals surface area contributed by atoms with Crippen molar-refractivity contribution in [3.8, 4) is 22.6 Å². The molecule has 0 bridgehead atoms. The first kappa shape index (κ1) is 14.8. The smallest absolute Gasteiger partial charge is 0.335 e. The van der Waals surface area contributed by atoms with Gasteiger partial charge in [0.05, 0.1) is 24.1 Å². The van der Waals surface area contributed by atoms with Gasteiger partial charge in [-0.3, -0.25) is 0 Å². The normalized spacial score (nSPS) is 10.5. The van der Waals surface area contributed by atoms with Gasteiger partial charge in [-0.2, -0.15) is 5.10 Å². The number of benzene rings is 2. The maximum atomic E-state index is 10.9. The quantitative estimate of drug-likeness (QED) is 0.781. The molecule has 0 unspecified atom stereocenters. The summed E-state index contributed by atoms with van der Waals surface area (Å²) in [5.41, 5.74) is 3.05. The van der Waals surface area contributed by atoms with Crippen LogP contribution in [0.25, 0.3) is 16.8 Å². The van der Waals surface area contributed by atoms with E-state index >= 15 is 0 Å². The van der Waals surface area contributed by atoms with E-state index in [1.807, 2.05) is 37.4 Å². The van der Waals surface area contributed by atoms with E-state index in [0.29, 0.717) is 6.61 Å². The number of nitrogens with zero attached hydrogens (tertiary/aromatic N) is 2. The van der Waals surface area contributed by atoms with E-state index < -0.39 is 5.97 Å². The summed E-state index contributed by atoms with van der Waals surface area (Å²) >= 11 is 0. The Bertz CT molecular complexity index is 805. The van der Waals surface area contributed by atoms with Crippen molar-refractivity contribution in [2.24, 2.45) is 0 Å². The van der Waals surface area contributed by atoms with E-state index in [4.69, 9.17) is 9.84 Å². The Kier molecular flexibility index (Phi) is 4.10. The van der Waals surface area contributed by atoms with Crippen LogP contribution in [0.3, 0.4) is 0 Å². The second kappa shape index (κ2) is 6.36. The minimum absolute atomic E-state index is 0.271. The fraction of sp³-hybridized carbons (Fsp3) is 0.111. The molecule has 0 aliphatic rings. The summed E-state index contributed by atoms with van der Waals surface area (Å²) in [6, 6.07) is 14.4. The lowest BCUT2D eigenvalue weighted by Crippen LogP contribution is -1.95. The molecule has 0 saturated heterocycles. The molecule has 2 aromatic carbocycles. The van der Waals surface area contributed by atoms with Crippen molar-refractivity contribution >= 4 is 5.97 Å². The number of carboxylic acid groups (broad SMARTS) is 1. The number of aromatic nitrogens is 2. The van der Waals surface area contributed by atoms with Crippen LogP contribution in [0, 0.1) is 0 Å². The molecule has 5 heteroatoms. The molecular formula is C18H16N2O3. The molecular weight excluding hydrogens is 292 g/mol. The maximum absolute atomic E-state index is 10.9. The molecule has 1 aromatic heterocycles. The first-order valence-corrected chi connectivity index (χ1v) is 7.29. The average Bonchev–Trinajstić information content (AvgIpc) is 3.06. The van der Waals surface area contributed by atoms with Crippen LogP contribution in [0.5, 0.6) is 5.75 Å². The maximum Gasteiger partial charge on any atom is 0.335 e.